The van der Waals surface area contributed by atoms with E-state index < -0.39 is 5.97 Å². The Kier molecular flexibility index (Phi) is 3.89. The van der Waals surface area contributed by atoms with Crippen molar-refractivity contribution >= 4 is 11.9 Å². The molecule has 0 bridgehead atoms. The van der Waals surface area contributed by atoms with Gasteiger partial charge in [0.2, 0.25) is 6.79 Å². The number of methoxy groups -OCH3 is 1. The predicted octanol–water partition coefficient (Wildman–Crippen LogP) is 1.05. The number of hydrogen-bond acceptors (Lipinski definition) is 5. The highest BCUT2D eigenvalue weighted by Gasteiger charge is 2.21. The second-order valence-electron chi connectivity index (χ2n) is 3.96. The summed E-state index contributed by atoms with van der Waals surface area (Å²) >= 11 is 0. The van der Waals surface area contributed by atoms with Crippen molar-refractivity contribution < 1.29 is 23.8 Å². The van der Waals surface area contributed by atoms with Crippen LogP contribution in [-0.4, -0.2) is 43.8 Å². The maximum absolute atomic E-state index is 12.2. The maximum Gasteiger partial charge on any atom is 0.325 e. The Morgan fingerprint density at radius 1 is 1.32 bits per heavy atom. The Morgan fingerprint density at radius 3 is 2.74 bits per heavy atom. The lowest BCUT2D eigenvalue weighted by atomic mass is 10.1. The molecule has 102 valence electrons. The lowest BCUT2D eigenvalue weighted by molar-refractivity contribution is -0.141. The quantitative estimate of drug-likeness (QED) is 0.761. The summed E-state index contributed by atoms with van der Waals surface area (Å²) in [5.41, 5.74) is 0.454. The average molecular weight is 265 g/mol. The summed E-state index contributed by atoms with van der Waals surface area (Å²) in [4.78, 5) is 24.9. The molecule has 1 aliphatic rings. The zero-order valence-electron chi connectivity index (χ0n) is 10.8. The molecule has 0 spiro atoms. The third kappa shape index (κ3) is 2.78. The molecule has 1 amide bonds. The number of esters is 1. The van der Waals surface area contributed by atoms with E-state index in [-0.39, 0.29) is 19.2 Å². The minimum Gasteiger partial charge on any atom is -0.468 e. The zero-order valence-corrected chi connectivity index (χ0v) is 10.8. The summed E-state index contributed by atoms with van der Waals surface area (Å²) in [6.07, 6.45) is 0. The molecule has 0 unspecified atom stereocenters. The molecule has 0 aliphatic carbocycles. The van der Waals surface area contributed by atoms with Crippen LogP contribution in [0.5, 0.6) is 11.5 Å². The number of ether oxygens (including phenoxy) is 3. The number of rotatable bonds is 4. The monoisotopic (exact) mass is 265 g/mol. The van der Waals surface area contributed by atoms with Crippen molar-refractivity contribution in [2.24, 2.45) is 0 Å². The molecule has 1 aliphatic heterocycles. The van der Waals surface area contributed by atoms with Crippen LogP contribution in [0.1, 0.15) is 17.3 Å². The fourth-order valence-electron chi connectivity index (χ4n) is 1.76. The number of carbonyl (C=O) groups is 2. The predicted molar refractivity (Wildman–Crippen MR) is 66.2 cm³/mol. The molecule has 0 N–H and O–H groups in total. The van der Waals surface area contributed by atoms with Crippen LogP contribution in [0.25, 0.3) is 0 Å². The number of carbonyl (C=O) groups excluding carboxylic acids is 2. The van der Waals surface area contributed by atoms with Crippen LogP contribution in [0.2, 0.25) is 0 Å². The van der Waals surface area contributed by atoms with Gasteiger partial charge in [-0.15, -0.1) is 0 Å². The number of amides is 1. The van der Waals surface area contributed by atoms with Crippen LogP contribution in [0.3, 0.4) is 0 Å². The Hall–Kier alpha value is -2.24. The Balaban J connectivity index is 2.15. The van der Waals surface area contributed by atoms with Crippen molar-refractivity contribution in [2.45, 2.75) is 6.92 Å². The number of hydrogen-bond donors (Lipinski definition) is 0. The molecule has 0 radical (unpaired) electrons. The molecule has 1 heterocycles. The van der Waals surface area contributed by atoms with E-state index in [0.717, 1.165) is 0 Å². The molecule has 19 heavy (non-hydrogen) atoms. The molecule has 0 atom stereocenters. The maximum atomic E-state index is 12.2. The van der Waals surface area contributed by atoms with Crippen LogP contribution >= 0.6 is 0 Å². The lowest BCUT2D eigenvalue weighted by Crippen LogP contribution is -2.36. The summed E-state index contributed by atoms with van der Waals surface area (Å²) in [5.74, 6) is 0.467. The van der Waals surface area contributed by atoms with Gasteiger partial charge in [0, 0.05) is 12.1 Å². The van der Waals surface area contributed by atoms with Crippen molar-refractivity contribution in [2.75, 3.05) is 27.0 Å². The minimum absolute atomic E-state index is 0.0692. The summed E-state index contributed by atoms with van der Waals surface area (Å²) in [5, 5.41) is 0. The molecule has 2 rings (SSSR count). The Morgan fingerprint density at radius 2 is 2.05 bits per heavy atom. The molecule has 1 aromatic carbocycles. The van der Waals surface area contributed by atoms with E-state index in [1.165, 1.54) is 12.0 Å². The first-order valence-electron chi connectivity index (χ1n) is 5.91. The highest BCUT2D eigenvalue weighted by atomic mass is 16.7. The van der Waals surface area contributed by atoms with Crippen LogP contribution in [0.15, 0.2) is 18.2 Å². The third-order valence-electron chi connectivity index (χ3n) is 2.84. The largest absolute Gasteiger partial charge is 0.468 e. The first-order valence-corrected chi connectivity index (χ1v) is 5.91. The molecule has 0 saturated heterocycles. The van der Waals surface area contributed by atoms with Gasteiger partial charge in [0.1, 0.15) is 6.54 Å². The van der Waals surface area contributed by atoms with E-state index in [1.807, 2.05) is 0 Å². The van der Waals surface area contributed by atoms with Gasteiger partial charge in [-0.05, 0) is 25.1 Å². The average Bonchev–Trinajstić information content (AvgIpc) is 2.90. The van der Waals surface area contributed by atoms with Crippen molar-refractivity contribution in [3.05, 3.63) is 23.8 Å². The van der Waals surface area contributed by atoms with Crippen molar-refractivity contribution in [1.29, 1.82) is 0 Å². The summed E-state index contributed by atoms with van der Waals surface area (Å²) in [6, 6.07) is 4.95. The topological polar surface area (TPSA) is 65.1 Å². The van der Waals surface area contributed by atoms with Gasteiger partial charge in [-0.3, -0.25) is 9.59 Å². The summed E-state index contributed by atoms with van der Waals surface area (Å²) in [6.45, 7) is 2.31. The minimum atomic E-state index is -0.448. The zero-order chi connectivity index (χ0) is 13.8. The van der Waals surface area contributed by atoms with Crippen molar-refractivity contribution in [3.8, 4) is 11.5 Å². The van der Waals surface area contributed by atoms with Gasteiger partial charge in [-0.1, -0.05) is 0 Å². The third-order valence-corrected chi connectivity index (χ3v) is 2.84. The molecular formula is C13H15NO5. The summed E-state index contributed by atoms with van der Waals surface area (Å²) in [7, 11) is 1.29. The number of likely N-dealkylation sites (N-methyl/N-ethyl adjacent to an activating group) is 1. The van der Waals surface area contributed by atoms with Crippen LogP contribution in [0, 0.1) is 0 Å². The molecule has 0 saturated carbocycles. The second-order valence-corrected chi connectivity index (χ2v) is 3.96. The van der Waals surface area contributed by atoms with Gasteiger partial charge < -0.3 is 19.1 Å². The second kappa shape index (κ2) is 5.60. The van der Waals surface area contributed by atoms with Gasteiger partial charge >= 0.3 is 5.97 Å². The summed E-state index contributed by atoms with van der Waals surface area (Å²) < 4.78 is 15.0. The van der Waals surface area contributed by atoms with Crippen molar-refractivity contribution in [3.63, 3.8) is 0 Å². The van der Waals surface area contributed by atoms with E-state index in [4.69, 9.17) is 9.47 Å². The van der Waals surface area contributed by atoms with E-state index in [1.54, 1.807) is 25.1 Å². The van der Waals surface area contributed by atoms with E-state index in [0.29, 0.717) is 23.6 Å². The van der Waals surface area contributed by atoms with Crippen LogP contribution in [0.4, 0.5) is 0 Å². The van der Waals surface area contributed by atoms with Gasteiger partial charge in [0.15, 0.2) is 11.5 Å². The van der Waals surface area contributed by atoms with Gasteiger partial charge in [-0.2, -0.15) is 0 Å². The van der Waals surface area contributed by atoms with Gasteiger partial charge in [0.05, 0.1) is 7.11 Å². The molecule has 0 fully saturated rings. The smallest absolute Gasteiger partial charge is 0.325 e. The van der Waals surface area contributed by atoms with E-state index in [2.05, 4.69) is 4.74 Å². The Labute approximate surface area is 110 Å². The number of benzene rings is 1. The van der Waals surface area contributed by atoms with E-state index in [9.17, 15) is 9.59 Å². The number of nitrogens with zero attached hydrogens (tertiary/aromatic N) is 1. The molecule has 0 aromatic heterocycles. The van der Waals surface area contributed by atoms with Crippen LogP contribution < -0.4 is 9.47 Å². The van der Waals surface area contributed by atoms with Crippen molar-refractivity contribution in [1.82, 2.24) is 4.90 Å². The first kappa shape index (κ1) is 13.2. The normalized spacial score (nSPS) is 12.1. The van der Waals surface area contributed by atoms with Gasteiger partial charge in [-0.25, -0.2) is 0 Å². The van der Waals surface area contributed by atoms with Gasteiger partial charge in [0.25, 0.3) is 5.91 Å². The SMILES string of the molecule is CCN(CC(=O)OC)C(=O)c1ccc2c(c1)OCO2. The molecule has 6 nitrogen and oxygen atoms in total. The highest BCUT2D eigenvalue weighted by molar-refractivity contribution is 5.96. The van der Waals surface area contributed by atoms with Crippen LogP contribution in [-0.2, 0) is 9.53 Å². The van der Waals surface area contributed by atoms with E-state index >= 15 is 0 Å². The fraction of sp³-hybridized carbons (Fsp3) is 0.385. The number of fused-ring (bicyclic) bond motifs is 1. The molecule has 6 heteroatoms. The molecule has 1 aromatic rings. The highest BCUT2D eigenvalue weighted by Crippen LogP contribution is 2.32. The molecular weight excluding hydrogens is 250 g/mol. The fourth-order valence-corrected chi connectivity index (χ4v) is 1.76. The standard InChI is InChI=1S/C13H15NO5/c1-3-14(7-12(15)17-2)13(16)9-4-5-10-11(6-9)19-8-18-10/h4-6H,3,7-8H2,1-2H3. The lowest BCUT2D eigenvalue weighted by Gasteiger charge is -2.19. The first-order chi connectivity index (χ1) is 9.15. The Bertz CT molecular complexity index is 500.